The Morgan fingerprint density at radius 2 is 1.86 bits per heavy atom. The fraction of sp³-hybridized carbons (Fsp3) is 0.304. The van der Waals surface area contributed by atoms with Gasteiger partial charge in [-0.2, -0.15) is 0 Å². The molecule has 4 N–H and O–H groups in total. The molecule has 0 aliphatic heterocycles. The molecule has 0 aliphatic carbocycles. The van der Waals surface area contributed by atoms with E-state index in [1.165, 1.54) is 0 Å². The molecular formula is C23H27N3O3. The van der Waals surface area contributed by atoms with Crippen LogP contribution < -0.4 is 10.6 Å². The van der Waals surface area contributed by atoms with Crippen LogP contribution in [0.5, 0.6) is 5.75 Å². The van der Waals surface area contributed by atoms with Gasteiger partial charge in [0.15, 0.2) is 0 Å². The highest BCUT2D eigenvalue weighted by Crippen LogP contribution is 2.19. The van der Waals surface area contributed by atoms with Gasteiger partial charge < -0.3 is 20.7 Å². The van der Waals surface area contributed by atoms with E-state index in [9.17, 15) is 14.7 Å². The van der Waals surface area contributed by atoms with Gasteiger partial charge in [0.05, 0.1) is 0 Å². The van der Waals surface area contributed by atoms with Gasteiger partial charge in [0.2, 0.25) is 11.8 Å². The van der Waals surface area contributed by atoms with Crippen molar-refractivity contribution in [1.29, 1.82) is 0 Å². The first-order chi connectivity index (χ1) is 13.9. The first-order valence-corrected chi connectivity index (χ1v) is 9.85. The van der Waals surface area contributed by atoms with Crippen molar-refractivity contribution in [2.75, 3.05) is 6.54 Å². The fourth-order valence-corrected chi connectivity index (χ4v) is 3.23. The molecule has 0 spiro atoms. The second kappa shape index (κ2) is 9.28. The SMILES string of the molecule is CC(C)C(=O)NC(Cc1c[nH]c2ccccc12)C(=O)NCCc1cccc(O)c1. The molecule has 2 amide bonds. The molecule has 0 saturated heterocycles. The highest BCUT2D eigenvalue weighted by molar-refractivity contribution is 5.90. The number of aromatic nitrogens is 1. The number of para-hydroxylation sites is 1. The van der Waals surface area contributed by atoms with Crippen LogP contribution in [0.25, 0.3) is 10.9 Å². The summed E-state index contributed by atoms with van der Waals surface area (Å²) in [6.45, 7) is 4.03. The van der Waals surface area contributed by atoms with Gasteiger partial charge in [0.1, 0.15) is 11.8 Å². The number of carbonyl (C=O) groups is 2. The third-order valence-electron chi connectivity index (χ3n) is 4.88. The number of amides is 2. The predicted octanol–water partition coefficient (Wildman–Crippen LogP) is 2.92. The van der Waals surface area contributed by atoms with E-state index in [4.69, 9.17) is 0 Å². The molecule has 152 valence electrons. The lowest BCUT2D eigenvalue weighted by atomic mass is 10.0. The van der Waals surface area contributed by atoms with E-state index in [0.717, 1.165) is 22.0 Å². The van der Waals surface area contributed by atoms with E-state index in [1.807, 2.05) is 36.5 Å². The maximum atomic E-state index is 12.8. The van der Waals surface area contributed by atoms with Crippen LogP contribution in [0.15, 0.2) is 54.7 Å². The summed E-state index contributed by atoms with van der Waals surface area (Å²) in [5.41, 5.74) is 2.92. The largest absolute Gasteiger partial charge is 0.508 e. The molecule has 6 nitrogen and oxygen atoms in total. The van der Waals surface area contributed by atoms with E-state index in [1.54, 1.807) is 32.0 Å². The molecule has 1 heterocycles. The summed E-state index contributed by atoms with van der Waals surface area (Å²) in [4.78, 5) is 28.3. The normalized spacial score (nSPS) is 12.1. The molecule has 1 aromatic heterocycles. The van der Waals surface area contributed by atoms with Gasteiger partial charge in [-0.3, -0.25) is 9.59 Å². The van der Waals surface area contributed by atoms with E-state index in [2.05, 4.69) is 15.6 Å². The van der Waals surface area contributed by atoms with Crippen LogP contribution in [0.2, 0.25) is 0 Å². The Kier molecular flexibility index (Phi) is 6.54. The number of phenolic OH excluding ortho intramolecular Hbond substituents is 1. The Bertz CT molecular complexity index is 994. The van der Waals surface area contributed by atoms with Crippen LogP contribution in [0.3, 0.4) is 0 Å². The lowest BCUT2D eigenvalue weighted by Gasteiger charge is -2.19. The monoisotopic (exact) mass is 393 g/mol. The molecule has 2 aromatic carbocycles. The Balaban J connectivity index is 1.68. The van der Waals surface area contributed by atoms with Crippen LogP contribution in [0, 0.1) is 5.92 Å². The van der Waals surface area contributed by atoms with Gasteiger partial charge in [-0.05, 0) is 35.7 Å². The molecule has 1 atom stereocenters. The number of fused-ring (bicyclic) bond motifs is 1. The second-order valence-corrected chi connectivity index (χ2v) is 7.49. The van der Waals surface area contributed by atoms with Crippen LogP contribution in [-0.4, -0.2) is 34.5 Å². The molecule has 0 aliphatic rings. The summed E-state index contributed by atoms with van der Waals surface area (Å²) in [5.74, 6) is -0.377. The quantitative estimate of drug-likeness (QED) is 0.474. The van der Waals surface area contributed by atoms with Gasteiger partial charge in [0, 0.05) is 36.0 Å². The number of rotatable bonds is 8. The number of aromatic amines is 1. The summed E-state index contributed by atoms with van der Waals surface area (Å²) < 4.78 is 0. The van der Waals surface area contributed by atoms with Gasteiger partial charge in [-0.1, -0.05) is 44.2 Å². The van der Waals surface area contributed by atoms with Crippen LogP contribution in [0.1, 0.15) is 25.0 Å². The van der Waals surface area contributed by atoms with Gasteiger partial charge >= 0.3 is 0 Å². The number of H-pyrrole nitrogens is 1. The molecule has 0 radical (unpaired) electrons. The Labute approximate surface area is 170 Å². The van der Waals surface area contributed by atoms with E-state index in [0.29, 0.717) is 19.4 Å². The Morgan fingerprint density at radius 1 is 1.07 bits per heavy atom. The molecule has 0 fully saturated rings. The number of phenols is 1. The lowest BCUT2D eigenvalue weighted by Crippen LogP contribution is -2.49. The summed E-state index contributed by atoms with van der Waals surface area (Å²) in [6.07, 6.45) is 2.89. The summed E-state index contributed by atoms with van der Waals surface area (Å²) >= 11 is 0. The first kappa shape index (κ1) is 20.5. The summed E-state index contributed by atoms with van der Waals surface area (Å²) in [6, 6.07) is 14.2. The number of hydrogen-bond acceptors (Lipinski definition) is 3. The second-order valence-electron chi connectivity index (χ2n) is 7.49. The van der Waals surface area contributed by atoms with E-state index >= 15 is 0 Å². The maximum Gasteiger partial charge on any atom is 0.242 e. The zero-order chi connectivity index (χ0) is 20.8. The minimum Gasteiger partial charge on any atom is -0.508 e. The molecule has 6 heteroatoms. The Morgan fingerprint density at radius 3 is 2.62 bits per heavy atom. The molecular weight excluding hydrogens is 366 g/mol. The lowest BCUT2D eigenvalue weighted by molar-refractivity contribution is -0.130. The molecule has 1 unspecified atom stereocenters. The van der Waals surface area contributed by atoms with E-state index in [-0.39, 0.29) is 23.5 Å². The zero-order valence-electron chi connectivity index (χ0n) is 16.7. The number of carbonyl (C=O) groups excluding carboxylic acids is 2. The molecule has 0 saturated carbocycles. The van der Waals surface area contributed by atoms with E-state index < -0.39 is 6.04 Å². The van der Waals surface area contributed by atoms with Crippen molar-refractivity contribution in [2.24, 2.45) is 5.92 Å². The van der Waals surface area contributed by atoms with Crippen molar-refractivity contribution in [3.63, 3.8) is 0 Å². The van der Waals surface area contributed by atoms with Crippen molar-refractivity contribution >= 4 is 22.7 Å². The molecule has 3 aromatic rings. The number of nitrogens with one attached hydrogen (secondary N) is 3. The van der Waals surface area contributed by atoms with Gasteiger partial charge in [-0.25, -0.2) is 0 Å². The summed E-state index contributed by atoms with van der Waals surface area (Å²) in [5, 5.41) is 16.4. The average molecular weight is 393 g/mol. The summed E-state index contributed by atoms with van der Waals surface area (Å²) in [7, 11) is 0. The predicted molar refractivity (Wildman–Crippen MR) is 114 cm³/mol. The van der Waals surface area contributed by atoms with Crippen LogP contribution in [0.4, 0.5) is 0 Å². The van der Waals surface area contributed by atoms with Crippen LogP contribution >= 0.6 is 0 Å². The van der Waals surface area contributed by atoms with Crippen molar-refractivity contribution in [3.8, 4) is 5.75 Å². The maximum absolute atomic E-state index is 12.8. The fourth-order valence-electron chi connectivity index (χ4n) is 3.23. The topological polar surface area (TPSA) is 94.2 Å². The highest BCUT2D eigenvalue weighted by atomic mass is 16.3. The Hall–Kier alpha value is -3.28. The van der Waals surface area contributed by atoms with Crippen LogP contribution in [-0.2, 0) is 22.4 Å². The number of hydrogen-bond donors (Lipinski definition) is 4. The zero-order valence-corrected chi connectivity index (χ0v) is 16.7. The standard InChI is InChI=1S/C23H27N3O3/c1-15(2)22(28)26-21(13-17-14-25-20-9-4-3-8-19(17)20)23(29)24-11-10-16-6-5-7-18(27)12-16/h3-9,12,14-15,21,25,27H,10-11,13H2,1-2H3,(H,24,29)(H,26,28). The van der Waals surface area contributed by atoms with Gasteiger partial charge in [0.25, 0.3) is 0 Å². The number of benzene rings is 2. The molecule has 29 heavy (non-hydrogen) atoms. The van der Waals surface area contributed by atoms with Gasteiger partial charge in [-0.15, -0.1) is 0 Å². The first-order valence-electron chi connectivity index (χ1n) is 9.85. The highest BCUT2D eigenvalue weighted by Gasteiger charge is 2.23. The van der Waals surface area contributed by atoms with Crippen molar-refractivity contribution in [2.45, 2.75) is 32.7 Å². The molecule has 3 rings (SSSR count). The van der Waals surface area contributed by atoms with Crippen molar-refractivity contribution in [1.82, 2.24) is 15.6 Å². The minimum atomic E-state index is -0.659. The van der Waals surface area contributed by atoms with Crippen molar-refractivity contribution < 1.29 is 14.7 Å². The third kappa shape index (κ3) is 5.38. The smallest absolute Gasteiger partial charge is 0.242 e. The van der Waals surface area contributed by atoms with Crippen molar-refractivity contribution in [3.05, 3.63) is 65.9 Å². The number of aromatic hydroxyl groups is 1. The molecule has 0 bridgehead atoms. The average Bonchev–Trinajstić information content (AvgIpc) is 3.10. The third-order valence-corrected chi connectivity index (χ3v) is 4.88. The minimum absolute atomic E-state index is 0.155.